The second-order valence-corrected chi connectivity index (χ2v) is 3.27. The minimum Gasteiger partial charge on any atom is -0.504 e. The van der Waals surface area contributed by atoms with Crippen LogP contribution in [0, 0.1) is 0 Å². The van der Waals surface area contributed by atoms with Gasteiger partial charge in [-0.2, -0.15) is 13.2 Å². The zero-order valence-electron chi connectivity index (χ0n) is 8.45. The highest BCUT2D eigenvalue weighted by Gasteiger charge is 2.38. The Bertz CT molecular complexity index is 363. The van der Waals surface area contributed by atoms with Crippen LogP contribution in [0.25, 0.3) is 0 Å². The summed E-state index contributed by atoms with van der Waals surface area (Å²) in [6.45, 7) is 0. The molecule has 0 heterocycles. The molecule has 0 aliphatic rings. The largest absolute Gasteiger partial charge is 0.504 e. The SMILES string of the molecule is COc1cc(CC(O)C(F)(F)F)ccc1O. The van der Waals surface area contributed by atoms with Gasteiger partial charge in [0, 0.05) is 6.42 Å². The van der Waals surface area contributed by atoms with Gasteiger partial charge in [-0.1, -0.05) is 6.07 Å². The molecule has 0 spiro atoms. The molecule has 90 valence electrons. The summed E-state index contributed by atoms with van der Waals surface area (Å²) in [6.07, 6.45) is -7.63. The molecule has 0 aliphatic heterocycles. The van der Waals surface area contributed by atoms with Crippen molar-refractivity contribution in [3.63, 3.8) is 0 Å². The topological polar surface area (TPSA) is 49.7 Å². The van der Waals surface area contributed by atoms with Crippen LogP contribution < -0.4 is 4.74 Å². The number of rotatable bonds is 3. The maximum atomic E-state index is 12.1. The quantitative estimate of drug-likeness (QED) is 0.842. The molecule has 6 heteroatoms. The molecule has 0 saturated carbocycles. The normalized spacial score (nSPS) is 13.6. The van der Waals surface area contributed by atoms with Crippen molar-refractivity contribution < 1.29 is 28.1 Å². The van der Waals surface area contributed by atoms with E-state index < -0.39 is 18.7 Å². The van der Waals surface area contributed by atoms with Gasteiger partial charge >= 0.3 is 6.18 Å². The number of aliphatic hydroxyl groups is 1. The van der Waals surface area contributed by atoms with Crippen molar-refractivity contribution in [2.75, 3.05) is 7.11 Å². The summed E-state index contributed by atoms with van der Waals surface area (Å²) in [5.74, 6) is -0.0837. The van der Waals surface area contributed by atoms with Gasteiger partial charge in [0.1, 0.15) is 0 Å². The van der Waals surface area contributed by atoms with E-state index in [1.165, 1.54) is 25.3 Å². The van der Waals surface area contributed by atoms with Gasteiger partial charge in [0.25, 0.3) is 0 Å². The molecule has 3 nitrogen and oxygen atoms in total. The molecule has 1 aromatic rings. The molecule has 1 aromatic carbocycles. The number of alkyl halides is 3. The fraction of sp³-hybridized carbons (Fsp3) is 0.400. The van der Waals surface area contributed by atoms with Gasteiger partial charge in [-0.3, -0.25) is 0 Å². The van der Waals surface area contributed by atoms with Crippen molar-refractivity contribution in [3.05, 3.63) is 23.8 Å². The standard InChI is InChI=1S/C10H11F3O3/c1-16-8-4-6(2-3-7(8)14)5-9(15)10(11,12)13/h2-4,9,14-15H,5H2,1H3. The van der Waals surface area contributed by atoms with Crippen molar-refractivity contribution in [1.29, 1.82) is 0 Å². The second kappa shape index (κ2) is 4.61. The maximum Gasteiger partial charge on any atom is 0.414 e. The molecule has 0 radical (unpaired) electrons. The molecule has 1 unspecified atom stereocenters. The molecule has 0 aliphatic carbocycles. The number of phenolic OH excluding ortho intramolecular Hbond substituents is 1. The van der Waals surface area contributed by atoms with Gasteiger partial charge in [0.2, 0.25) is 0 Å². The van der Waals surface area contributed by atoms with E-state index in [0.29, 0.717) is 0 Å². The fourth-order valence-corrected chi connectivity index (χ4v) is 1.19. The van der Waals surface area contributed by atoms with E-state index in [9.17, 15) is 18.3 Å². The van der Waals surface area contributed by atoms with Crippen LogP contribution in [-0.2, 0) is 6.42 Å². The van der Waals surface area contributed by atoms with Gasteiger partial charge in [0.05, 0.1) is 7.11 Å². The minimum absolute atomic E-state index is 0.0758. The summed E-state index contributed by atoms with van der Waals surface area (Å²) >= 11 is 0. The summed E-state index contributed by atoms with van der Waals surface area (Å²) in [6, 6.07) is 3.77. The lowest BCUT2D eigenvalue weighted by Crippen LogP contribution is -2.30. The number of hydrogen-bond acceptors (Lipinski definition) is 3. The molecule has 1 rings (SSSR count). The number of phenols is 1. The average molecular weight is 236 g/mol. The molecule has 0 amide bonds. The van der Waals surface area contributed by atoms with Crippen LogP contribution in [0.2, 0.25) is 0 Å². The van der Waals surface area contributed by atoms with E-state index in [0.717, 1.165) is 0 Å². The Balaban J connectivity index is 2.82. The third-order valence-electron chi connectivity index (χ3n) is 2.05. The van der Waals surface area contributed by atoms with E-state index in [1.54, 1.807) is 0 Å². The van der Waals surface area contributed by atoms with Crippen LogP contribution in [0.1, 0.15) is 5.56 Å². The van der Waals surface area contributed by atoms with Crippen molar-refractivity contribution >= 4 is 0 Å². The number of ether oxygens (including phenoxy) is 1. The molecule has 0 saturated heterocycles. The fourth-order valence-electron chi connectivity index (χ4n) is 1.19. The van der Waals surface area contributed by atoms with Crippen molar-refractivity contribution in [3.8, 4) is 11.5 Å². The van der Waals surface area contributed by atoms with Crippen molar-refractivity contribution in [1.82, 2.24) is 0 Å². The lowest BCUT2D eigenvalue weighted by Gasteiger charge is -2.15. The van der Waals surface area contributed by atoms with Gasteiger partial charge in [-0.25, -0.2) is 0 Å². The van der Waals surface area contributed by atoms with E-state index in [-0.39, 0.29) is 17.1 Å². The smallest absolute Gasteiger partial charge is 0.414 e. The van der Waals surface area contributed by atoms with Crippen LogP contribution in [0.5, 0.6) is 11.5 Å². The van der Waals surface area contributed by atoms with Crippen molar-refractivity contribution in [2.24, 2.45) is 0 Å². The maximum absolute atomic E-state index is 12.1. The van der Waals surface area contributed by atoms with Crippen LogP contribution >= 0.6 is 0 Å². The van der Waals surface area contributed by atoms with Crippen LogP contribution in [0.4, 0.5) is 13.2 Å². The Labute approximate surface area is 90.1 Å². The molecule has 0 fully saturated rings. The van der Waals surface area contributed by atoms with E-state index >= 15 is 0 Å². The minimum atomic E-state index is -4.65. The lowest BCUT2D eigenvalue weighted by atomic mass is 10.1. The number of methoxy groups -OCH3 is 1. The summed E-state index contributed by atoms with van der Waals surface area (Å²) in [5, 5.41) is 18.1. The Morgan fingerprint density at radius 2 is 2.00 bits per heavy atom. The van der Waals surface area contributed by atoms with Crippen LogP contribution in [-0.4, -0.2) is 29.6 Å². The first kappa shape index (κ1) is 12.6. The lowest BCUT2D eigenvalue weighted by molar-refractivity contribution is -0.203. The number of aliphatic hydroxyl groups excluding tert-OH is 1. The molecular weight excluding hydrogens is 225 g/mol. The summed E-state index contributed by atoms with van der Waals surface area (Å²) in [7, 11) is 1.29. The first-order chi connectivity index (χ1) is 7.34. The van der Waals surface area contributed by atoms with Gasteiger partial charge in [0.15, 0.2) is 17.6 Å². The second-order valence-electron chi connectivity index (χ2n) is 3.27. The molecule has 1 atom stereocenters. The summed E-state index contributed by atoms with van der Waals surface area (Å²) in [5.41, 5.74) is 0.236. The third kappa shape index (κ3) is 3.03. The number of aromatic hydroxyl groups is 1. The highest BCUT2D eigenvalue weighted by Crippen LogP contribution is 2.29. The molecule has 16 heavy (non-hydrogen) atoms. The zero-order valence-corrected chi connectivity index (χ0v) is 8.45. The molecule has 0 aromatic heterocycles. The van der Waals surface area contributed by atoms with Gasteiger partial charge in [-0.15, -0.1) is 0 Å². The number of benzene rings is 1. The van der Waals surface area contributed by atoms with E-state index in [1.807, 2.05) is 0 Å². The summed E-state index contributed by atoms with van der Waals surface area (Å²) < 4.78 is 40.9. The van der Waals surface area contributed by atoms with Crippen molar-refractivity contribution in [2.45, 2.75) is 18.7 Å². The van der Waals surface area contributed by atoms with E-state index in [2.05, 4.69) is 0 Å². The number of halogens is 3. The Morgan fingerprint density at radius 1 is 1.38 bits per heavy atom. The Hall–Kier alpha value is -1.43. The third-order valence-corrected chi connectivity index (χ3v) is 2.05. The highest BCUT2D eigenvalue weighted by molar-refractivity contribution is 5.41. The predicted molar refractivity (Wildman–Crippen MR) is 50.4 cm³/mol. The Kier molecular flexibility index (Phi) is 3.64. The van der Waals surface area contributed by atoms with Crippen LogP contribution in [0.15, 0.2) is 18.2 Å². The molecular formula is C10H11F3O3. The first-order valence-corrected chi connectivity index (χ1v) is 4.45. The number of hydrogen-bond donors (Lipinski definition) is 2. The zero-order chi connectivity index (χ0) is 12.3. The van der Waals surface area contributed by atoms with E-state index in [4.69, 9.17) is 9.84 Å². The van der Waals surface area contributed by atoms with Gasteiger partial charge < -0.3 is 14.9 Å². The predicted octanol–water partition coefficient (Wildman–Crippen LogP) is 1.87. The summed E-state index contributed by atoms with van der Waals surface area (Å²) in [4.78, 5) is 0. The molecule has 0 bridgehead atoms. The molecule has 2 N–H and O–H groups in total. The Morgan fingerprint density at radius 3 is 2.50 bits per heavy atom. The van der Waals surface area contributed by atoms with Gasteiger partial charge in [-0.05, 0) is 17.7 Å². The van der Waals surface area contributed by atoms with Crippen LogP contribution in [0.3, 0.4) is 0 Å². The monoisotopic (exact) mass is 236 g/mol. The average Bonchev–Trinajstić information content (AvgIpc) is 2.19. The first-order valence-electron chi connectivity index (χ1n) is 4.45. The highest BCUT2D eigenvalue weighted by atomic mass is 19.4.